The molecular weight excluding hydrogens is 364 g/mol. The van der Waals surface area contributed by atoms with Gasteiger partial charge in [0.05, 0.1) is 31.0 Å². The van der Waals surface area contributed by atoms with Crippen LogP contribution in [0.3, 0.4) is 0 Å². The van der Waals surface area contributed by atoms with Crippen LogP contribution in [-0.2, 0) is 4.74 Å². The van der Waals surface area contributed by atoms with Crippen molar-refractivity contribution in [3.05, 3.63) is 39.8 Å². The van der Waals surface area contributed by atoms with Crippen molar-refractivity contribution in [2.24, 2.45) is 0 Å². The van der Waals surface area contributed by atoms with Crippen molar-refractivity contribution in [1.82, 2.24) is 9.88 Å². The molecule has 1 aliphatic heterocycles. The molecule has 3 heterocycles. The normalized spacial score (nSPS) is 17.4. The maximum atomic E-state index is 12.8. The number of rotatable bonds is 6. The van der Waals surface area contributed by atoms with Crippen molar-refractivity contribution < 1.29 is 19.0 Å². The predicted molar refractivity (Wildman–Crippen MR) is 95.9 cm³/mol. The lowest BCUT2D eigenvalue weighted by Gasteiger charge is -2.32. The summed E-state index contributed by atoms with van der Waals surface area (Å²) in [5, 5.41) is 2.38. The number of aromatic nitrogens is 1. The van der Waals surface area contributed by atoms with Crippen LogP contribution >= 0.6 is 22.9 Å². The summed E-state index contributed by atoms with van der Waals surface area (Å²) in [5.74, 6) is 1.19. The van der Waals surface area contributed by atoms with E-state index >= 15 is 0 Å². The largest absolute Gasteiger partial charge is 0.492 e. The maximum Gasteiger partial charge on any atom is 0.267 e. The van der Waals surface area contributed by atoms with E-state index < -0.39 is 0 Å². The Kier molecular flexibility index (Phi) is 6.12. The van der Waals surface area contributed by atoms with E-state index in [0.29, 0.717) is 54.3 Å². The van der Waals surface area contributed by atoms with Gasteiger partial charge in [-0.2, -0.15) is 0 Å². The number of ether oxygens (including phenoxy) is 3. The van der Waals surface area contributed by atoms with Gasteiger partial charge in [0.1, 0.15) is 29.1 Å². The van der Waals surface area contributed by atoms with Crippen molar-refractivity contribution >= 4 is 28.8 Å². The van der Waals surface area contributed by atoms with Gasteiger partial charge >= 0.3 is 0 Å². The van der Waals surface area contributed by atoms with Crippen LogP contribution in [0, 0.1) is 0 Å². The highest BCUT2D eigenvalue weighted by atomic mass is 35.5. The summed E-state index contributed by atoms with van der Waals surface area (Å²) in [6.07, 6.45) is 2.94. The summed E-state index contributed by atoms with van der Waals surface area (Å²) < 4.78 is 16.9. The third-order valence-electron chi connectivity index (χ3n) is 3.66. The van der Waals surface area contributed by atoms with Gasteiger partial charge in [-0.25, -0.2) is 0 Å². The number of pyridine rings is 1. The quantitative estimate of drug-likeness (QED) is 0.768. The lowest BCUT2D eigenvalue weighted by molar-refractivity contribution is -0.0401. The standard InChI is InChI=1S/C17H19ClN2O4S/c1-2-22-15-3-6-25-16(15)17(21)20-4-5-23-14(10-20)11-24-13-7-12(18)8-19-9-13/h3,6-9,14H,2,4-5,10-11H2,1H3. The zero-order valence-electron chi connectivity index (χ0n) is 13.8. The number of thiophene rings is 1. The summed E-state index contributed by atoms with van der Waals surface area (Å²) in [6, 6.07) is 3.52. The highest BCUT2D eigenvalue weighted by molar-refractivity contribution is 7.12. The molecule has 134 valence electrons. The highest BCUT2D eigenvalue weighted by Gasteiger charge is 2.28. The molecule has 0 N–H and O–H groups in total. The number of hydrogen-bond donors (Lipinski definition) is 0. The molecule has 0 aliphatic carbocycles. The van der Waals surface area contributed by atoms with Crippen LogP contribution in [0.1, 0.15) is 16.6 Å². The smallest absolute Gasteiger partial charge is 0.267 e. The van der Waals surface area contributed by atoms with Gasteiger partial charge < -0.3 is 19.1 Å². The molecule has 1 atom stereocenters. The van der Waals surface area contributed by atoms with E-state index in [1.54, 1.807) is 23.4 Å². The summed E-state index contributed by atoms with van der Waals surface area (Å²) >= 11 is 7.28. The van der Waals surface area contributed by atoms with Gasteiger partial charge in [-0.1, -0.05) is 11.6 Å². The van der Waals surface area contributed by atoms with Gasteiger partial charge in [-0.05, 0) is 18.4 Å². The molecule has 1 aliphatic rings. The molecule has 1 fully saturated rings. The number of morpholine rings is 1. The molecule has 0 radical (unpaired) electrons. The molecule has 1 saturated heterocycles. The summed E-state index contributed by atoms with van der Waals surface area (Å²) in [5.41, 5.74) is 0. The topological polar surface area (TPSA) is 60.9 Å². The Morgan fingerprint density at radius 1 is 1.48 bits per heavy atom. The van der Waals surface area contributed by atoms with Gasteiger partial charge in [0.2, 0.25) is 0 Å². The number of carbonyl (C=O) groups is 1. The minimum atomic E-state index is -0.202. The van der Waals surface area contributed by atoms with Crippen molar-refractivity contribution in [3.8, 4) is 11.5 Å². The Morgan fingerprint density at radius 3 is 3.16 bits per heavy atom. The average Bonchev–Trinajstić information content (AvgIpc) is 3.08. The fraction of sp³-hybridized carbons (Fsp3) is 0.412. The van der Waals surface area contributed by atoms with E-state index in [2.05, 4.69) is 4.98 Å². The second kappa shape index (κ2) is 8.51. The second-order valence-electron chi connectivity index (χ2n) is 5.44. The third kappa shape index (κ3) is 4.62. The molecule has 2 aromatic rings. The fourth-order valence-electron chi connectivity index (χ4n) is 2.53. The molecular formula is C17H19ClN2O4S. The Balaban J connectivity index is 1.59. The molecule has 0 aromatic carbocycles. The van der Waals surface area contributed by atoms with E-state index in [1.165, 1.54) is 11.3 Å². The van der Waals surface area contributed by atoms with Crippen LogP contribution < -0.4 is 9.47 Å². The van der Waals surface area contributed by atoms with Crippen molar-refractivity contribution in [3.63, 3.8) is 0 Å². The number of halogens is 1. The van der Waals surface area contributed by atoms with Crippen LogP contribution in [0.2, 0.25) is 5.02 Å². The van der Waals surface area contributed by atoms with Gasteiger partial charge in [0.25, 0.3) is 5.91 Å². The minimum absolute atomic E-state index is 0.0313. The molecule has 0 bridgehead atoms. The lowest BCUT2D eigenvalue weighted by atomic mass is 10.2. The predicted octanol–water partition coefficient (Wildman–Crippen LogP) is 3.12. The summed E-state index contributed by atoms with van der Waals surface area (Å²) in [7, 11) is 0. The first-order valence-corrected chi connectivity index (χ1v) is 9.27. The van der Waals surface area contributed by atoms with Crippen LogP contribution in [-0.4, -0.2) is 54.8 Å². The molecule has 0 saturated carbocycles. The molecule has 3 rings (SSSR count). The van der Waals surface area contributed by atoms with Gasteiger partial charge in [0.15, 0.2) is 0 Å². The highest BCUT2D eigenvalue weighted by Crippen LogP contribution is 2.27. The van der Waals surface area contributed by atoms with E-state index in [9.17, 15) is 4.79 Å². The van der Waals surface area contributed by atoms with E-state index in [0.717, 1.165) is 0 Å². The number of hydrogen-bond acceptors (Lipinski definition) is 6. The van der Waals surface area contributed by atoms with Crippen LogP contribution in [0.15, 0.2) is 29.9 Å². The van der Waals surface area contributed by atoms with E-state index in [4.69, 9.17) is 25.8 Å². The zero-order valence-corrected chi connectivity index (χ0v) is 15.4. The number of amides is 1. The van der Waals surface area contributed by atoms with Crippen LogP contribution in [0.5, 0.6) is 11.5 Å². The Hall–Kier alpha value is -1.83. The Bertz CT molecular complexity index is 724. The fourth-order valence-corrected chi connectivity index (χ4v) is 3.50. The van der Waals surface area contributed by atoms with E-state index in [-0.39, 0.29) is 12.0 Å². The number of carbonyl (C=O) groups excluding carboxylic acids is 1. The first-order valence-electron chi connectivity index (χ1n) is 8.02. The molecule has 1 amide bonds. The van der Waals surface area contributed by atoms with Crippen LogP contribution in [0.4, 0.5) is 0 Å². The minimum Gasteiger partial charge on any atom is -0.492 e. The Labute approximate surface area is 155 Å². The second-order valence-corrected chi connectivity index (χ2v) is 6.79. The third-order valence-corrected chi connectivity index (χ3v) is 4.76. The summed E-state index contributed by atoms with van der Waals surface area (Å²) in [6.45, 7) is 4.26. The molecule has 6 nitrogen and oxygen atoms in total. The SMILES string of the molecule is CCOc1ccsc1C(=O)N1CCOC(COc2cncc(Cl)c2)C1. The summed E-state index contributed by atoms with van der Waals surface area (Å²) in [4.78, 5) is 19.1. The van der Waals surface area contributed by atoms with Crippen LogP contribution in [0.25, 0.3) is 0 Å². The van der Waals surface area contributed by atoms with Gasteiger partial charge in [-0.3, -0.25) is 9.78 Å². The average molecular weight is 383 g/mol. The monoisotopic (exact) mass is 382 g/mol. The lowest BCUT2D eigenvalue weighted by Crippen LogP contribution is -2.47. The first kappa shape index (κ1) is 18.0. The molecule has 2 aromatic heterocycles. The number of nitrogens with zero attached hydrogens (tertiary/aromatic N) is 2. The Morgan fingerprint density at radius 2 is 2.36 bits per heavy atom. The molecule has 8 heteroatoms. The van der Waals surface area contributed by atoms with Crippen molar-refractivity contribution in [1.29, 1.82) is 0 Å². The molecule has 1 unspecified atom stereocenters. The first-order chi connectivity index (χ1) is 12.2. The van der Waals surface area contributed by atoms with Crippen molar-refractivity contribution in [2.75, 3.05) is 32.9 Å². The van der Waals surface area contributed by atoms with Gasteiger partial charge in [-0.15, -0.1) is 11.3 Å². The zero-order chi connectivity index (χ0) is 17.6. The molecule has 25 heavy (non-hydrogen) atoms. The van der Waals surface area contributed by atoms with Gasteiger partial charge in [0, 0.05) is 18.8 Å². The maximum absolute atomic E-state index is 12.8. The molecule has 0 spiro atoms. The van der Waals surface area contributed by atoms with Crippen molar-refractivity contribution in [2.45, 2.75) is 13.0 Å². The van der Waals surface area contributed by atoms with E-state index in [1.807, 2.05) is 18.4 Å².